The molecule has 0 N–H and O–H groups in total. The first-order valence-corrected chi connectivity index (χ1v) is 7.63. The summed E-state index contributed by atoms with van der Waals surface area (Å²) in [5.74, 6) is 0.370. The minimum absolute atomic E-state index is 0.00552. The fraction of sp³-hybridized carbons (Fsp3) is 0.471. The lowest BCUT2D eigenvalue weighted by atomic mass is 9.65. The first-order valence-electron chi connectivity index (χ1n) is 6.84. The van der Waals surface area contributed by atoms with Gasteiger partial charge in [0.1, 0.15) is 5.75 Å². The van der Waals surface area contributed by atoms with Crippen molar-refractivity contribution >= 4 is 21.9 Å². The Morgan fingerprint density at radius 1 is 1.30 bits per heavy atom. The fourth-order valence-electron chi connectivity index (χ4n) is 2.83. The minimum atomic E-state index is -0.282. The van der Waals surface area contributed by atoms with Crippen LogP contribution < -0.4 is 4.74 Å². The molecule has 0 fully saturated rings. The van der Waals surface area contributed by atoms with Crippen LogP contribution in [0.3, 0.4) is 0 Å². The number of halogens is 1. The van der Waals surface area contributed by atoms with E-state index in [1.165, 1.54) is 12.5 Å². The lowest BCUT2D eigenvalue weighted by Gasteiger charge is -2.39. The molecule has 2 nitrogen and oxygen atoms in total. The Morgan fingerprint density at radius 3 is 2.45 bits per heavy atom. The summed E-state index contributed by atoms with van der Waals surface area (Å²) < 4.78 is 6.41. The number of ether oxygens (including phenoxy) is 1. The topological polar surface area (TPSA) is 26.3 Å². The van der Waals surface area contributed by atoms with Crippen LogP contribution >= 0.6 is 15.9 Å². The van der Waals surface area contributed by atoms with Gasteiger partial charge in [-0.3, -0.25) is 4.79 Å². The number of esters is 1. The number of allylic oxidation sites excluding steroid dienone is 2. The highest BCUT2D eigenvalue weighted by molar-refractivity contribution is 9.10. The van der Waals surface area contributed by atoms with Crippen LogP contribution in [0.25, 0.3) is 0 Å². The van der Waals surface area contributed by atoms with Gasteiger partial charge in [-0.15, -0.1) is 0 Å². The van der Waals surface area contributed by atoms with Gasteiger partial charge in [0.25, 0.3) is 0 Å². The van der Waals surface area contributed by atoms with Crippen molar-refractivity contribution in [2.75, 3.05) is 0 Å². The maximum Gasteiger partial charge on any atom is 0.308 e. The van der Waals surface area contributed by atoms with Gasteiger partial charge in [-0.25, -0.2) is 0 Å². The van der Waals surface area contributed by atoms with E-state index in [1.807, 2.05) is 19.1 Å². The van der Waals surface area contributed by atoms with Crippen LogP contribution in [-0.2, 0) is 10.2 Å². The van der Waals surface area contributed by atoms with E-state index in [4.69, 9.17) is 4.74 Å². The molecule has 1 aliphatic rings. The molecule has 0 spiro atoms. The third kappa shape index (κ3) is 2.44. The Bertz CT molecular complexity index is 587. The van der Waals surface area contributed by atoms with E-state index in [2.05, 4.69) is 48.9 Å². The first kappa shape index (κ1) is 15.3. The third-order valence-electron chi connectivity index (χ3n) is 4.60. The van der Waals surface area contributed by atoms with E-state index < -0.39 is 0 Å². The Labute approximate surface area is 129 Å². The highest BCUT2D eigenvalue weighted by Crippen LogP contribution is 2.52. The van der Waals surface area contributed by atoms with Gasteiger partial charge in [-0.1, -0.05) is 48.9 Å². The van der Waals surface area contributed by atoms with Gasteiger partial charge in [0.2, 0.25) is 0 Å². The average Bonchev–Trinajstić information content (AvgIpc) is 2.57. The van der Waals surface area contributed by atoms with Gasteiger partial charge in [0, 0.05) is 16.8 Å². The van der Waals surface area contributed by atoms with Gasteiger partial charge < -0.3 is 4.74 Å². The van der Waals surface area contributed by atoms with Crippen LogP contribution in [0.4, 0.5) is 0 Å². The third-order valence-corrected chi connectivity index (χ3v) is 5.25. The molecule has 1 aromatic rings. The Balaban J connectivity index is 2.55. The maximum absolute atomic E-state index is 11.2. The van der Waals surface area contributed by atoms with E-state index in [0.29, 0.717) is 5.75 Å². The van der Waals surface area contributed by atoms with E-state index >= 15 is 0 Å². The molecule has 0 aliphatic heterocycles. The number of hydrogen-bond donors (Lipinski definition) is 0. The summed E-state index contributed by atoms with van der Waals surface area (Å²) in [6, 6.07) is 4.04. The van der Waals surface area contributed by atoms with Gasteiger partial charge in [-0.05, 0) is 42.0 Å². The summed E-state index contributed by atoms with van der Waals surface area (Å²) >= 11 is 3.68. The lowest BCUT2D eigenvalue weighted by Crippen LogP contribution is -2.34. The number of carbonyl (C=O) groups excluding carboxylic acids is 1. The largest absolute Gasteiger partial charge is 0.426 e. The highest BCUT2D eigenvalue weighted by Gasteiger charge is 2.44. The summed E-state index contributed by atoms with van der Waals surface area (Å²) in [5, 5.41) is 0. The summed E-state index contributed by atoms with van der Waals surface area (Å²) in [6.45, 7) is 10.1. The normalized spacial score (nSPS) is 23.9. The molecule has 0 aromatic heterocycles. The molecule has 3 heteroatoms. The molecule has 2 rings (SSSR count). The van der Waals surface area contributed by atoms with Crippen LogP contribution in [0.5, 0.6) is 5.75 Å². The zero-order valence-electron chi connectivity index (χ0n) is 12.7. The molecule has 0 heterocycles. The summed E-state index contributed by atoms with van der Waals surface area (Å²) in [4.78, 5) is 11.2. The lowest BCUT2D eigenvalue weighted by molar-refractivity contribution is -0.131. The zero-order chi connectivity index (χ0) is 15.1. The Kier molecular flexibility index (Phi) is 3.85. The van der Waals surface area contributed by atoms with Crippen molar-refractivity contribution in [3.8, 4) is 5.75 Å². The fourth-order valence-corrected chi connectivity index (χ4v) is 3.73. The molecule has 1 unspecified atom stereocenters. The maximum atomic E-state index is 11.2. The SMILES string of the molecule is CC(=O)Oc1cc(C2(C)CC=CC2(C)C)c(Br)cc1C. The molecule has 0 saturated carbocycles. The van der Waals surface area contributed by atoms with Crippen LogP contribution in [0.15, 0.2) is 28.8 Å². The molecule has 1 atom stereocenters. The van der Waals surface area contributed by atoms with Gasteiger partial charge >= 0.3 is 5.97 Å². The smallest absolute Gasteiger partial charge is 0.308 e. The van der Waals surface area contributed by atoms with Crippen molar-refractivity contribution in [2.24, 2.45) is 5.41 Å². The monoisotopic (exact) mass is 336 g/mol. The Morgan fingerprint density at radius 2 is 1.95 bits per heavy atom. The first-order chi connectivity index (χ1) is 9.17. The molecular weight excluding hydrogens is 316 g/mol. The van der Waals surface area contributed by atoms with Gasteiger partial charge in [0.15, 0.2) is 0 Å². The van der Waals surface area contributed by atoms with E-state index in [1.54, 1.807) is 0 Å². The molecule has 0 amide bonds. The number of carbonyl (C=O) groups is 1. The van der Waals surface area contributed by atoms with Crippen molar-refractivity contribution in [3.05, 3.63) is 39.9 Å². The summed E-state index contributed by atoms with van der Waals surface area (Å²) in [6.07, 6.45) is 5.49. The number of aryl methyl sites for hydroxylation is 1. The van der Waals surface area contributed by atoms with Crippen molar-refractivity contribution in [1.29, 1.82) is 0 Å². The van der Waals surface area contributed by atoms with Crippen LogP contribution in [0.1, 0.15) is 45.2 Å². The predicted molar refractivity (Wildman–Crippen MR) is 85.1 cm³/mol. The van der Waals surface area contributed by atoms with E-state index in [-0.39, 0.29) is 16.8 Å². The molecule has 0 radical (unpaired) electrons. The van der Waals surface area contributed by atoms with Crippen LogP contribution in [0.2, 0.25) is 0 Å². The summed E-state index contributed by atoms with van der Waals surface area (Å²) in [7, 11) is 0. The van der Waals surface area contributed by atoms with Gasteiger partial charge in [-0.2, -0.15) is 0 Å². The van der Waals surface area contributed by atoms with Crippen molar-refractivity contribution in [1.82, 2.24) is 0 Å². The zero-order valence-corrected chi connectivity index (χ0v) is 14.3. The van der Waals surface area contributed by atoms with E-state index in [0.717, 1.165) is 16.5 Å². The molecule has 1 aliphatic carbocycles. The second-order valence-corrected chi connectivity index (χ2v) is 7.21. The standard InChI is InChI=1S/C17H21BrO2/c1-11-9-14(18)13(10-15(11)20-12(2)19)17(5)8-6-7-16(17,3)4/h6-7,9-10H,8H2,1-5H3. The number of hydrogen-bond acceptors (Lipinski definition) is 2. The van der Waals surface area contributed by atoms with Crippen molar-refractivity contribution < 1.29 is 9.53 Å². The average molecular weight is 337 g/mol. The summed E-state index contributed by atoms with van der Waals surface area (Å²) in [5.41, 5.74) is 2.21. The van der Waals surface area contributed by atoms with Crippen molar-refractivity contribution in [2.45, 2.75) is 46.5 Å². The number of rotatable bonds is 2. The highest BCUT2D eigenvalue weighted by atomic mass is 79.9. The minimum Gasteiger partial charge on any atom is -0.426 e. The quantitative estimate of drug-likeness (QED) is 0.435. The van der Waals surface area contributed by atoms with Crippen LogP contribution in [-0.4, -0.2) is 5.97 Å². The van der Waals surface area contributed by atoms with E-state index in [9.17, 15) is 4.79 Å². The van der Waals surface area contributed by atoms with Crippen molar-refractivity contribution in [3.63, 3.8) is 0 Å². The van der Waals surface area contributed by atoms with Gasteiger partial charge in [0.05, 0.1) is 0 Å². The molecule has 1 aromatic carbocycles. The Hall–Kier alpha value is -1.09. The molecule has 0 bridgehead atoms. The van der Waals surface area contributed by atoms with Crippen LogP contribution in [0, 0.1) is 12.3 Å². The molecule has 20 heavy (non-hydrogen) atoms. The second kappa shape index (κ2) is 5.03. The second-order valence-electron chi connectivity index (χ2n) is 6.35. The molecule has 0 saturated heterocycles. The predicted octanol–water partition coefficient (Wildman–Crippen LogP) is 4.93. The molecular formula is C17H21BrO2. The number of benzene rings is 1. The molecule has 108 valence electrons.